The number of allylic oxidation sites excluding steroid dienone is 1. The van der Waals surface area contributed by atoms with Gasteiger partial charge in [0.2, 0.25) is 0 Å². The number of nitriles is 1. The molecule has 0 heterocycles. The second kappa shape index (κ2) is 7.14. The molecule has 0 N–H and O–H groups in total. The predicted molar refractivity (Wildman–Crippen MR) is 54.4 cm³/mol. The van der Waals surface area contributed by atoms with Gasteiger partial charge in [0.05, 0.1) is 19.1 Å². The summed E-state index contributed by atoms with van der Waals surface area (Å²) < 4.78 is 4.75. The van der Waals surface area contributed by atoms with Gasteiger partial charge in [-0.25, -0.2) is 0 Å². The number of ether oxygens (including phenoxy) is 1. The Morgan fingerprint density at radius 1 is 1.57 bits per heavy atom. The van der Waals surface area contributed by atoms with E-state index in [0.717, 1.165) is 6.42 Å². The Balaban J connectivity index is 4.10. The Bertz CT molecular complexity index is 249. The molecule has 0 aliphatic carbocycles. The van der Waals surface area contributed by atoms with E-state index in [1.807, 2.05) is 12.1 Å². The van der Waals surface area contributed by atoms with Crippen LogP contribution in [0.4, 0.5) is 0 Å². The molecule has 78 valence electrons. The third-order valence-electron chi connectivity index (χ3n) is 1.62. The molecular weight excluding hydrogens is 178 g/mol. The van der Waals surface area contributed by atoms with Gasteiger partial charge >= 0.3 is 5.97 Å². The van der Waals surface area contributed by atoms with E-state index in [4.69, 9.17) is 10.00 Å². The molecule has 0 radical (unpaired) electrons. The van der Waals surface area contributed by atoms with E-state index in [1.54, 1.807) is 6.92 Å². The zero-order valence-corrected chi connectivity index (χ0v) is 9.04. The highest BCUT2D eigenvalue weighted by Gasteiger charge is 2.05. The summed E-state index contributed by atoms with van der Waals surface area (Å²) >= 11 is 0. The van der Waals surface area contributed by atoms with Crippen LogP contribution in [-0.2, 0) is 9.53 Å². The number of hydrogen-bond donors (Lipinski definition) is 0. The molecule has 0 aliphatic heterocycles. The smallest absolute Gasteiger partial charge is 0.310 e. The Morgan fingerprint density at radius 2 is 2.21 bits per heavy atom. The van der Waals surface area contributed by atoms with E-state index in [0.29, 0.717) is 18.1 Å². The van der Waals surface area contributed by atoms with Crippen LogP contribution in [0.1, 0.15) is 33.6 Å². The highest BCUT2D eigenvalue weighted by Crippen LogP contribution is 2.07. The first-order valence-corrected chi connectivity index (χ1v) is 4.84. The predicted octanol–water partition coefficient (Wildman–Crippen LogP) is 2.44. The molecule has 14 heavy (non-hydrogen) atoms. The topological polar surface area (TPSA) is 50.1 Å². The maximum Gasteiger partial charge on any atom is 0.310 e. The van der Waals surface area contributed by atoms with E-state index < -0.39 is 0 Å². The molecular formula is C11H17NO2. The number of carbonyl (C=O) groups is 1. The molecule has 0 bridgehead atoms. The lowest BCUT2D eigenvalue weighted by atomic mass is 10.1. The lowest BCUT2D eigenvalue weighted by molar-refractivity contribution is -0.142. The number of esters is 1. The lowest BCUT2D eigenvalue weighted by Crippen LogP contribution is -2.04. The van der Waals surface area contributed by atoms with Gasteiger partial charge in [-0.15, -0.1) is 0 Å². The maximum absolute atomic E-state index is 11.0. The molecule has 0 saturated heterocycles. The minimum Gasteiger partial charge on any atom is -0.466 e. The quantitative estimate of drug-likeness (QED) is 0.500. The van der Waals surface area contributed by atoms with Gasteiger partial charge in [-0.1, -0.05) is 19.9 Å². The zero-order chi connectivity index (χ0) is 11.0. The maximum atomic E-state index is 11.0. The molecule has 3 heteroatoms. The van der Waals surface area contributed by atoms with Gasteiger partial charge in [0.15, 0.2) is 0 Å². The number of hydrogen-bond acceptors (Lipinski definition) is 3. The van der Waals surface area contributed by atoms with Crippen LogP contribution in [0.2, 0.25) is 0 Å². The van der Waals surface area contributed by atoms with Gasteiger partial charge in [0.1, 0.15) is 0 Å². The molecule has 0 amide bonds. The highest BCUT2D eigenvalue weighted by molar-refractivity contribution is 5.73. The Kier molecular flexibility index (Phi) is 6.47. The minimum atomic E-state index is -0.330. The van der Waals surface area contributed by atoms with Crippen molar-refractivity contribution in [3.8, 4) is 6.07 Å². The van der Waals surface area contributed by atoms with Crippen molar-refractivity contribution in [1.82, 2.24) is 0 Å². The summed E-state index contributed by atoms with van der Waals surface area (Å²) in [5.74, 6) is 0.171. The van der Waals surface area contributed by atoms with Crippen LogP contribution in [0.3, 0.4) is 0 Å². The second-order valence-electron chi connectivity index (χ2n) is 3.45. The van der Waals surface area contributed by atoms with Crippen molar-refractivity contribution in [2.75, 3.05) is 6.61 Å². The van der Waals surface area contributed by atoms with Gasteiger partial charge in [-0.05, 0) is 19.3 Å². The largest absolute Gasteiger partial charge is 0.466 e. The fourth-order valence-electron chi connectivity index (χ4n) is 0.903. The Labute approximate surface area is 85.4 Å². The first-order chi connectivity index (χ1) is 6.60. The van der Waals surface area contributed by atoms with Gasteiger partial charge in [0, 0.05) is 5.57 Å². The van der Waals surface area contributed by atoms with Gasteiger partial charge < -0.3 is 4.74 Å². The van der Waals surface area contributed by atoms with Crippen LogP contribution < -0.4 is 0 Å². The van der Waals surface area contributed by atoms with Gasteiger partial charge in [-0.3, -0.25) is 4.79 Å². The van der Waals surface area contributed by atoms with E-state index >= 15 is 0 Å². The summed E-state index contributed by atoms with van der Waals surface area (Å²) in [4.78, 5) is 11.0. The van der Waals surface area contributed by atoms with E-state index in [9.17, 15) is 4.79 Å². The number of nitrogens with zero attached hydrogens (tertiary/aromatic N) is 1. The van der Waals surface area contributed by atoms with E-state index in [2.05, 4.69) is 13.8 Å². The van der Waals surface area contributed by atoms with Crippen LogP contribution in [0.15, 0.2) is 11.6 Å². The van der Waals surface area contributed by atoms with Crippen molar-refractivity contribution in [1.29, 1.82) is 5.26 Å². The van der Waals surface area contributed by atoms with Crippen LogP contribution in [0, 0.1) is 17.2 Å². The fraction of sp³-hybridized carbons (Fsp3) is 0.636. The van der Waals surface area contributed by atoms with Crippen molar-refractivity contribution >= 4 is 5.97 Å². The van der Waals surface area contributed by atoms with Crippen LogP contribution >= 0.6 is 0 Å². The molecule has 0 spiro atoms. The first kappa shape index (κ1) is 12.7. The van der Waals surface area contributed by atoms with Gasteiger partial charge in [-0.2, -0.15) is 5.26 Å². The van der Waals surface area contributed by atoms with Crippen molar-refractivity contribution < 1.29 is 9.53 Å². The van der Waals surface area contributed by atoms with Crippen molar-refractivity contribution in [2.45, 2.75) is 33.6 Å². The van der Waals surface area contributed by atoms with Crippen molar-refractivity contribution in [3.05, 3.63) is 11.6 Å². The number of carbonyl (C=O) groups excluding carboxylic acids is 1. The highest BCUT2D eigenvalue weighted by atomic mass is 16.5. The summed E-state index contributed by atoms with van der Waals surface area (Å²) in [6, 6.07) is 2.01. The molecule has 0 aromatic carbocycles. The number of rotatable bonds is 5. The van der Waals surface area contributed by atoms with Crippen LogP contribution in [-0.4, -0.2) is 12.6 Å². The molecule has 0 aliphatic rings. The molecule has 0 unspecified atom stereocenters. The molecule has 0 rings (SSSR count). The van der Waals surface area contributed by atoms with Crippen LogP contribution in [0.5, 0.6) is 0 Å². The molecule has 0 fully saturated rings. The van der Waals surface area contributed by atoms with Crippen molar-refractivity contribution in [3.63, 3.8) is 0 Å². The van der Waals surface area contributed by atoms with E-state index in [1.165, 1.54) is 0 Å². The summed E-state index contributed by atoms with van der Waals surface area (Å²) in [5.41, 5.74) is 0.497. The van der Waals surface area contributed by atoms with Crippen LogP contribution in [0.25, 0.3) is 0 Å². The SMILES string of the molecule is CCOC(=O)C/C(C#N)=C\CC(C)C. The Morgan fingerprint density at radius 3 is 2.64 bits per heavy atom. The molecule has 0 aromatic heterocycles. The van der Waals surface area contributed by atoms with E-state index in [-0.39, 0.29) is 12.4 Å². The van der Waals surface area contributed by atoms with Crippen molar-refractivity contribution in [2.24, 2.45) is 5.92 Å². The first-order valence-electron chi connectivity index (χ1n) is 4.84. The standard InChI is InChI=1S/C11H17NO2/c1-4-14-11(13)7-10(8-12)6-5-9(2)3/h6,9H,4-5,7H2,1-3H3/b10-6+. The normalized spacial score (nSPS) is 11.2. The summed E-state index contributed by atoms with van der Waals surface area (Å²) in [5, 5.41) is 8.73. The summed E-state index contributed by atoms with van der Waals surface area (Å²) in [7, 11) is 0. The Hall–Kier alpha value is -1.30. The summed E-state index contributed by atoms with van der Waals surface area (Å²) in [6.07, 6.45) is 2.72. The fourth-order valence-corrected chi connectivity index (χ4v) is 0.903. The lowest BCUT2D eigenvalue weighted by Gasteiger charge is -2.01. The molecule has 0 atom stereocenters. The van der Waals surface area contributed by atoms with Gasteiger partial charge in [0.25, 0.3) is 0 Å². The molecule has 0 aromatic rings. The molecule has 0 saturated carbocycles. The third-order valence-corrected chi connectivity index (χ3v) is 1.62. The average molecular weight is 195 g/mol. The zero-order valence-electron chi connectivity index (χ0n) is 9.04. The average Bonchev–Trinajstić information content (AvgIpc) is 2.12. The minimum absolute atomic E-state index is 0.0943. The summed E-state index contributed by atoms with van der Waals surface area (Å²) in [6.45, 7) is 6.25. The molecule has 3 nitrogen and oxygen atoms in total. The third kappa shape index (κ3) is 6.24. The second-order valence-corrected chi connectivity index (χ2v) is 3.45. The monoisotopic (exact) mass is 195 g/mol.